The minimum absolute atomic E-state index is 0.272. The van der Waals surface area contributed by atoms with E-state index in [0.717, 1.165) is 11.1 Å². The Balaban J connectivity index is 1.29. The molecule has 0 aliphatic carbocycles. The summed E-state index contributed by atoms with van der Waals surface area (Å²) in [4.78, 5) is 26.5. The number of benzene rings is 2. The van der Waals surface area contributed by atoms with Crippen LogP contribution in [-0.4, -0.2) is 51.7 Å². The molecule has 5 rings (SSSR count). The van der Waals surface area contributed by atoms with Crippen molar-refractivity contribution in [3.8, 4) is 11.3 Å². The standard InChI is InChI=1S/C28H29N7O/c1-20-4-9-24(17-26(20)34-28-31-12-10-25(33-28)23-3-2-11-30-18-23)32-27(36)22-7-5-21(6-8-22)19-35-15-13-29-14-16-35/h2-12,17-18,29H,13-16,19H2,1H3,(H,32,36)(H,31,33,34)/i13D2,14D2,15D2,16D2. The molecule has 0 saturated carbocycles. The number of carbonyl (C=O) groups is 1. The van der Waals surface area contributed by atoms with Crippen LogP contribution in [0.4, 0.5) is 17.3 Å². The highest BCUT2D eigenvalue weighted by Gasteiger charge is 2.12. The zero-order valence-corrected chi connectivity index (χ0v) is 19.4. The summed E-state index contributed by atoms with van der Waals surface area (Å²) in [6.07, 6.45) is 5.03. The first-order valence-electron chi connectivity index (χ1n) is 15.2. The summed E-state index contributed by atoms with van der Waals surface area (Å²) in [5, 5.41) is 7.83. The quantitative estimate of drug-likeness (QED) is 0.359. The van der Waals surface area contributed by atoms with Gasteiger partial charge in [0.1, 0.15) is 0 Å². The van der Waals surface area contributed by atoms with Gasteiger partial charge in [0.25, 0.3) is 5.91 Å². The average Bonchev–Trinajstić information content (AvgIpc) is 2.97. The maximum absolute atomic E-state index is 13.0. The lowest BCUT2D eigenvalue weighted by Gasteiger charge is -2.27. The fourth-order valence-electron chi connectivity index (χ4n) is 3.53. The summed E-state index contributed by atoms with van der Waals surface area (Å²) in [5.74, 6) is -0.0606. The van der Waals surface area contributed by atoms with Crippen LogP contribution in [0.2, 0.25) is 0 Å². The van der Waals surface area contributed by atoms with Gasteiger partial charge >= 0.3 is 0 Å². The molecule has 0 spiro atoms. The van der Waals surface area contributed by atoms with Crippen LogP contribution in [0.15, 0.2) is 79.3 Å². The molecule has 1 aliphatic heterocycles. The molecule has 0 bridgehead atoms. The molecular formula is C28H29N7O. The number of aromatic nitrogens is 3. The topological polar surface area (TPSA) is 95.1 Å². The molecule has 182 valence electrons. The Kier molecular flexibility index (Phi) is 4.85. The van der Waals surface area contributed by atoms with Gasteiger partial charge in [-0.2, -0.15) is 0 Å². The number of pyridine rings is 1. The number of anilines is 3. The van der Waals surface area contributed by atoms with Crippen LogP contribution in [0.25, 0.3) is 11.3 Å². The molecule has 2 aromatic heterocycles. The van der Waals surface area contributed by atoms with Gasteiger partial charge < -0.3 is 16.0 Å². The van der Waals surface area contributed by atoms with Crippen LogP contribution in [0.3, 0.4) is 0 Å². The van der Waals surface area contributed by atoms with E-state index in [4.69, 9.17) is 11.0 Å². The molecule has 0 unspecified atom stereocenters. The second-order valence-electron chi connectivity index (χ2n) is 8.00. The van der Waals surface area contributed by atoms with E-state index in [-0.39, 0.29) is 5.56 Å². The predicted molar refractivity (Wildman–Crippen MR) is 142 cm³/mol. The third-order valence-electron chi connectivity index (χ3n) is 5.42. The maximum atomic E-state index is 13.0. The lowest BCUT2D eigenvalue weighted by molar-refractivity contribution is 0.102. The summed E-state index contributed by atoms with van der Waals surface area (Å²) in [5.41, 5.74) is 4.25. The minimum atomic E-state index is -2.89. The van der Waals surface area contributed by atoms with Crippen LogP contribution in [0.1, 0.15) is 32.5 Å². The minimum Gasteiger partial charge on any atom is -0.324 e. The zero-order chi connectivity index (χ0) is 31.9. The van der Waals surface area contributed by atoms with E-state index in [2.05, 4.69) is 25.6 Å². The van der Waals surface area contributed by atoms with Crippen molar-refractivity contribution in [3.63, 3.8) is 0 Å². The average molecular weight is 488 g/mol. The Bertz CT molecular complexity index is 1640. The normalized spacial score (nSPS) is 22.7. The molecule has 1 amide bonds. The van der Waals surface area contributed by atoms with Crippen LogP contribution in [-0.2, 0) is 6.54 Å². The number of hydrogen-bond donors (Lipinski definition) is 3. The SMILES string of the molecule is [2H]C1([2H])NC([2H])([2H])C([2H])([2H])N(Cc2ccc(C(=O)Nc3ccc(C)c(Nc4nccc(-c5cccnc5)n4)c3)cc2)C1([2H])[2H]. The number of nitrogens with zero attached hydrogens (tertiary/aromatic N) is 4. The van der Waals surface area contributed by atoms with Gasteiger partial charge in [0.2, 0.25) is 5.95 Å². The Labute approximate surface area is 222 Å². The number of amides is 1. The van der Waals surface area contributed by atoms with E-state index < -0.39 is 38.4 Å². The summed E-state index contributed by atoms with van der Waals surface area (Å²) >= 11 is 0. The van der Waals surface area contributed by atoms with Crippen molar-refractivity contribution in [2.45, 2.75) is 13.5 Å². The number of nitrogens with one attached hydrogen (secondary N) is 3. The van der Waals surface area contributed by atoms with E-state index in [0.29, 0.717) is 33.5 Å². The summed E-state index contributed by atoms with van der Waals surface area (Å²) < 4.78 is 64.7. The van der Waals surface area contributed by atoms with Gasteiger partial charge in [0.15, 0.2) is 0 Å². The van der Waals surface area contributed by atoms with Crippen LogP contribution in [0.5, 0.6) is 0 Å². The van der Waals surface area contributed by atoms with Gasteiger partial charge in [-0.25, -0.2) is 9.97 Å². The van der Waals surface area contributed by atoms with E-state index in [9.17, 15) is 4.79 Å². The molecule has 3 N–H and O–H groups in total. The van der Waals surface area contributed by atoms with Crippen molar-refractivity contribution in [1.82, 2.24) is 25.2 Å². The highest BCUT2D eigenvalue weighted by Crippen LogP contribution is 2.24. The molecule has 3 heterocycles. The molecule has 2 aromatic carbocycles. The highest BCUT2D eigenvalue weighted by atomic mass is 16.1. The third-order valence-corrected chi connectivity index (χ3v) is 5.42. The molecule has 4 aromatic rings. The molecule has 8 nitrogen and oxygen atoms in total. The smallest absolute Gasteiger partial charge is 0.255 e. The predicted octanol–water partition coefficient (Wildman–Crippen LogP) is 4.25. The van der Waals surface area contributed by atoms with Crippen molar-refractivity contribution < 1.29 is 15.8 Å². The van der Waals surface area contributed by atoms with E-state index in [1.807, 2.05) is 30.4 Å². The van der Waals surface area contributed by atoms with Crippen molar-refractivity contribution >= 4 is 23.2 Å². The van der Waals surface area contributed by atoms with Crippen LogP contribution < -0.4 is 16.0 Å². The van der Waals surface area contributed by atoms with Gasteiger partial charge in [-0.15, -0.1) is 0 Å². The van der Waals surface area contributed by atoms with E-state index >= 15 is 0 Å². The molecule has 1 saturated heterocycles. The Morgan fingerprint density at radius 1 is 1.08 bits per heavy atom. The number of hydrogen-bond acceptors (Lipinski definition) is 7. The summed E-state index contributed by atoms with van der Waals surface area (Å²) in [6.45, 7) is -10.1. The van der Waals surface area contributed by atoms with Crippen molar-refractivity contribution in [2.75, 3.05) is 36.6 Å². The molecule has 0 atom stereocenters. The zero-order valence-electron chi connectivity index (χ0n) is 27.4. The monoisotopic (exact) mass is 487 g/mol. The molecule has 8 heteroatoms. The van der Waals surface area contributed by atoms with Gasteiger partial charge in [-0.3, -0.25) is 14.7 Å². The lowest BCUT2D eigenvalue weighted by Crippen LogP contribution is -2.42. The number of rotatable bonds is 7. The van der Waals surface area contributed by atoms with Crippen molar-refractivity contribution in [1.29, 1.82) is 0 Å². The third kappa shape index (κ3) is 5.91. The van der Waals surface area contributed by atoms with Crippen molar-refractivity contribution in [3.05, 3.63) is 95.9 Å². The number of piperazine rings is 1. The summed E-state index contributed by atoms with van der Waals surface area (Å²) in [7, 11) is 0. The second kappa shape index (κ2) is 11.1. The molecular weight excluding hydrogens is 450 g/mol. The van der Waals surface area contributed by atoms with Crippen LogP contribution >= 0.6 is 0 Å². The fourth-order valence-corrected chi connectivity index (χ4v) is 3.53. The first-order valence-corrected chi connectivity index (χ1v) is 11.2. The summed E-state index contributed by atoms with van der Waals surface area (Å²) in [6, 6.07) is 16.8. The highest BCUT2D eigenvalue weighted by molar-refractivity contribution is 6.04. The molecule has 1 fully saturated rings. The van der Waals surface area contributed by atoms with E-state index in [1.54, 1.807) is 36.8 Å². The van der Waals surface area contributed by atoms with Gasteiger partial charge in [-0.05, 0) is 60.5 Å². The Morgan fingerprint density at radius 2 is 1.92 bits per heavy atom. The second-order valence-corrected chi connectivity index (χ2v) is 8.00. The van der Waals surface area contributed by atoms with Crippen molar-refractivity contribution in [2.24, 2.45) is 0 Å². The largest absolute Gasteiger partial charge is 0.324 e. The fraction of sp³-hybridized carbons (Fsp3) is 0.214. The number of carbonyl (C=O) groups excluding carboxylic acids is 1. The van der Waals surface area contributed by atoms with Gasteiger partial charge in [0, 0.05) is 84.6 Å². The molecule has 1 aliphatic rings. The number of aryl methyl sites for hydroxylation is 1. The maximum Gasteiger partial charge on any atom is 0.255 e. The van der Waals surface area contributed by atoms with Gasteiger partial charge in [0.05, 0.1) is 5.69 Å². The van der Waals surface area contributed by atoms with Crippen LogP contribution in [0, 0.1) is 6.92 Å². The van der Waals surface area contributed by atoms with E-state index in [1.165, 1.54) is 24.3 Å². The Morgan fingerprint density at radius 3 is 2.69 bits per heavy atom. The first kappa shape index (κ1) is 15.8. The lowest BCUT2D eigenvalue weighted by atomic mass is 10.1. The molecule has 36 heavy (non-hydrogen) atoms. The first-order chi connectivity index (χ1) is 20.6. The molecule has 0 radical (unpaired) electrons. The van der Waals surface area contributed by atoms with Gasteiger partial charge in [-0.1, -0.05) is 18.2 Å². The Hall–Kier alpha value is -4.14.